The summed E-state index contributed by atoms with van der Waals surface area (Å²) in [4.78, 5) is 0. The third kappa shape index (κ3) is 3.10. The van der Waals surface area contributed by atoms with Crippen molar-refractivity contribution in [2.45, 2.75) is 53.2 Å². The van der Waals surface area contributed by atoms with Crippen LogP contribution in [0.25, 0.3) is 0 Å². The van der Waals surface area contributed by atoms with Crippen LogP contribution < -0.4 is 0 Å². The summed E-state index contributed by atoms with van der Waals surface area (Å²) in [7, 11) is 0. The first-order chi connectivity index (χ1) is 9.55. The molecular weight excluding hydrogens is 248 g/mol. The van der Waals surface area contributed by atoms with Gasteiger partial charge in [0.1, 0.15) is 0 Å². The largest absolute Gasteiger partial charge is 0.386 e. The normalized spacial score (nSPS) is 12.7. The van der Waals surface area contributed by atoms with Gasteiger partial charge in [0, 0.05) is 13.0 Å². The Morgan fingerprint density at radius 3 is 2.50 bits per heavy atom. The van der Waals surface area contributed by atoms with Crippen LogP contribution >= 0.6 is 0 Å². The second kappa shape index (κ2) is 6.23. The van der Waals surface area contributed by atoms with E-state index in [1.54, 1.807) is 0 Å². The van der Waals surface area contributed by atoms with Crippen LogP contribution in [-0.4, -0.2) is 14.9 Å². The van der Waals surface area contributed by atoms with Crippen LogP contribution in [0.4, 0.5) is 0 Å². The van der Waals surface area contributed by atoms with Crippen molar-refractivity contribution in [2.75, 3.05) is 0 Å². The van der Waals surface area contributed by atoms with E-state index >= 15 is 0 Å². The van der Waals surface area contributed by atoms with E-state index in [0.29, 0.717) is 6.42 Å². The van der Waals surface area contributed by atoms with E-state index in [0.717, 1.165) is 24.4 Å². The van der Waals surface area contributed by atoms with Gasteiger partial charge < -0.3 is 5.11 Å². The lowest BCUT2D eigenvalue weighted by Gasteiger charge is -2.13. The van der Waals surface area contributed by atoms with Crippen molar-refractivity contribution >= 4 is 0 Å². The zero-order valence-corrected chi connectivity index (χ0v) is 12.8. The minimum Gasteiger partial charge on any atom is -0.386 e. The molecule has 1 aromatic carbocycles. The Bertz CT molecular complexity index is 587. The molecule has 108 valence electrons. The van der Waals surface area contributed by atoms with Crippen molar-refractivity contribution in [3.8, 4) is 0 Å². The molecule has 3 nitrogen and oxygen atoms in total. The molecule has 0 aliphatic heterocycles. The van der Waals surface area contributed by atoms with Crippen molar-refractivity contribution in [1.29, 1.82) is 0 Å². The van der Waals surface area contributed by atoms with Gasteiger partial charge in [0.15, 0.2) is 0 Å². The molecule has 1 unspecified atom stereocenters. The van der Waals surface area contributed by atoms with Crippen LogP contribution in [0.5, 0.6) is 0 Å². The smallest absolute Gasteiger partial charge is 0.0996 e. The van der Waals surface area contributed by atoms with E-state index in [1.807, 2.05) is 10.7 Å². The molecule has 3 heteroatoms. The van der Waals surface area contributed by atoms with E-state index < -0.39 is 6.10 Å². The molecule has 0 spiro atoms. The SMILES string of the molecule is CCc1cc(C(O)Cc2ccc(C)c(C)c2)n(CC)n1. The molecule has 1 N–H and O–H groups in total. The molecule has 1 heterocycles. The van der Waals surface area contributed by atoms with Crippen molar-refractivity contribution in [1.82, 2.24) is 9.78 Å². The van der Waals surface area contributed by atoms with E-state index in [-0.39, 0.29) is 0 Å². The first-order valence-electron chi connectivity index (χ1n) is 7.36. The molecule has 0 fully saturated rings. The molecule has 0 radical (unpaired) electrons. The van der Waals surface area contributed by atoms with Gasteiger partial charge in [-0.2, -0.15) is 5.10 Å². The van der Waals surface area contributed by atoms with E-state index in [2.05, 4.69) is 51.0 Å². The van der Waals surface area contributed by atoms with Gasteiger partial charge in [0.25, 0.3) is 0 Å². The quantitative estimate of drug-likeness (QED) is 0.906. The molecule has 0 aliphatic rings. The molecule has 1 aromatic heterocycles. The number of hydrogen-bond donors (Lipinski definition) is 1. The average Bonchev–Trinajstić information content (AvgIpc) is 2.86. The van der Waals surface area contributed by atoms with Crippen LogP contribution in [-0.2, 0) is 19.4 Å². The zero-order valence-electron chi connectivity index (χ0n) is 12.8. The number of aliphatic hydroxyl groups excluding tert-OH is 1. The third-order valence-electron chi connectivity index (χ3n) is 3.87. The minimum absolute atomic E-state index is 0.496. The maximum atomic E-state index is 10.5. The highest BCUT2D eigenvalue weighted by atomic mass is 16.3. The molecule has 2 aromatic rings. The van der Waals surface area contributed by atoms with Gasteiger partial charge in [-0.1, -0.05) is 25.1 Å². The molecule has 0 bridgehead atoms. The fourth-order valence-corrected chi connectivity index (χ4v) is 2.44. The number of rotatable bonds is 5. The Morgan fingerprint density at radius 2 is 1.90 bits per heavy atom. The van der Waals surface area contributed by atoms with Gasteiger partial charge in [-0.3, -0.25) is 4.68 Å². The summed E-state index contributed by atoms with van der Waals surface area (Å²) in [6.07, 6.45) is 1.04. The molecule has 20 heavy (non-hydrogen) atoms. The van der Waals surface area contributed by atoms with Crippen LogP contribution in [0.2, 0.25) is 0 Å². The Balaban J connectivity index is 2.20. The lowest BCUT2D eigenvalue weighted by molar-refractivity contribution is 0.167. The minimum atomic E-state index is -0.496. The van der Waals surface area contributed by atoms with Crippen LogP contribution in [0, 0.1) is 13.8 Å². The molecular formula is C17H24N2O. The van der Waals surface area contributed by atoms with Crippen LogP contribution in [0.15, 0.2) is 24.3 Å². The lowest BCUT2D eigenvalue weighted by atomic mass is 10.0. The van der Waals surface area contributed by atoms with E-state index in [9.17, 15) is 5.11 Å². The highest BCUT2D eigenvalue weighted by Crippen LogP contribution is 2.21. The summed E-state index contributed by atoms with van der Waals surface area (Å²) in [5.74, 6) is 0. The van der Waals surface area contributed by atoms with Gasteiger partial charge in [0.2, 0.25) is 0 Å². The zero-order chi connectivity index (χ0) is 14.7. The predicted octanol–water partition coefficient (Wildman–Crippen LogP) is 3.36. The van der Waals surface area contributed by atoms with E-state index in [1.165, 1.54) is 16.7 Å². The molecule has 0 aliphatic carbocycles. The summed E-state index contributed by atoms with van der Waals surface area (Å²) in [5, 5.41) is 15.0. The van der Waals surface area contributed by atoms with Crippen LogP contribution in [0.1, 0.15) is 48.0 Å². The van der Waals surface area contributed by atoms with Crippen molar-refractivity contribution in [2.24, 2.45) is 0 Å². The number of aliphatic hydroxyl groups is 1. The highest BCUT2D eigenvalue weighted by molar-refractivity contribution is 5.31. The van der Waals surface area contributed by atoms with Crippen molar-refractivity contribution in [3.63, 3.8) is 0 Å². The maximum absolute atomic E-state index is 10.5. The highest BCUT2D eigenvalue weighted by Gasteiger charge is 2.15. The predicted molar refractivity (Wildman–Crippen MR) is 81.9 cm³/mol. The summed E-state index contributed by atoms with van der Waals surface area (Å²) in [5.41, 5.74) is 5.69. The Kier molecular flexibility index (Phi) is 4.61. The standard InChI is InChI=1S/C17H24N2O/c1-5-15-11-16(19(6-2)18-15)17(20)10-14-8-7-12(3)13(4)9-14/h7-9,11,17,20H,5-6,10H2,1-4H3. The third-order valence-corrected chi connectivity index (χ3v) is 3.87. The number of aryl methyl sites for hydroxylation is 4. The Hall–Kier alpha value is -1.61. The van der Waals surface area contributed by atoms with Gasteiger partial charge >= 0.3 is 0 Å². The Labute approximate surface area is 121 Å². The summed E-state index contributed by atoms with van der Waals surface area (Å²) in [6, 6.07) is 8.39. The second-order valence-electron chi connectivity index (χ2n) is 5.37. The first-order valence-corrected chi connectivity index (χ1v) is 7.36. The van der Waals surface area contributed by atoms with Gasteiger partial charge in [-0.25, -0.2) is 0 Å². The summed E-state index contributed by atoms with van der Waals surface area (Å²) < 4.78 is 1.91. The monoisotopic (exact) mass is 272 g/mol. The summed E-state index contributed by atoms with van der Waals surface area (Å²) >= 11 is 0. The molecule has 0 saturated heterocycles. The lowest BCUT2D eigenvalue weighted by Crippen LogP contribution is -2.10. The van der Waals surface area contributed by atoms with Crippen molar-refractivity contribution < 1.29 is 5.11 Å². The van der Waals surface area contributed by atoms with Crippen LogP contribution in [0.3, 0.4) is 0 Å². The number of hydrogen-bond acceptors (Lipinski definition) is 2. The fourth-order valence-electron chi connectivity index (χ4n) is 2.44. The Morgan fingerprint density at radius 1 is 1.15 bits per heavy atom. The number of aromatic nitrogens is 2. The van der Waals surface area contributed by atoms with Gasteiger partial charge in [-0.05, 0) is 49.9 Å². The van der Waals surface area contributed by atoms with E-state index in [4.69, 9.17) is 0 Å². The fraction of sp³-hybridized carbons (Fsp3) is 0.471. The first kappa shape index (κ1) is 14.8. The topological polar surface area (TPSA) is 38.0 Å². The van der Waals surface area contributed by atoms with Gasteiger partial charge in [0.05, 0.1) is 17.5 Å². The van der Waals surface area contributed by atoms with Crippen molar-refractivity contribution in [3.05, 3.63) is 52.3 Å². The number of benzene rings is 1. The number of nitrogens with zero attached hydrogens (tertiary/aromatic N) is 2. The summed E-state index contributed by atoms with van der Waals surface area (Å²) in [6.45, 7) is 9.14. The molecule has 1 atom stereocenters. The molecule has 0 amide bonds. The van der Waals surface area contributed by atoms with Gasteiger partial charge in [-0.15, -0.1) is 0 Å². The maximum Gasteiger partial charge on any atom is 0.0996 e. The molecule has 0 saturated carbocycles. The second-order valence-corrected chi connectivity index (χ2v) is 5.37. The average molecular weight is 272 g/mol. The molecule has 2 rings (SSSR count).